The van der Waals surface area contributed by atoms with E-state index < -0.39 is 0 Å². The van der Waals surface area contributed by atoms with Crippen LogP contribution in [0, 0.1) is 0 Å². The van der Waals surface area contributed by atoms with E-state index in [1.54, 1.807) is 0 Å². The Kier molecular flexibility index (Phi) is 1.87. The molecule has 0 aromatic carbocycles. The summed E-state index contributed by atoms with van der Waals surface area (Å²) in [5.74, 6) is 2.52. The number of pyridine rings is 1. The van der Waals surface area contributed by atoms with Crippen molar-refractivity contribution in [3.05, 3.63) is 24.0 Å². The quantitative estimate of drug-likeness (QED) is 0.649. The van der Waals surface area contributed by atoms with E-state index in [0.29, 0.717) is 0 Å². The molecule has 0 amide bonds. The van der Waals surface area contributed by atoms with Crippen LogP contribution in [-0.4, -0.2) is 22.7 Å². The highest BCUT2D eigenvalue weighted by atomic mass is 32.2. The molecule has 3 rings (SSSR count). The second-order valence-electron chi connectivity index (χ2n) is 3.92. The number of hydrogen-bond acceptors (Lipinski definition) is 3. The minimum Gasteiger partial charge on any atom is -0.262 e. The van der Waals surface area contributed by atoms with Gasteiger partial charge in [0.1, 0.15) is 0 Å². The summed E-state index contributed by atoms with van der Waals surface area (Å²) in [4.78, 5) is 8.59. The first kappa shape index (κ1) is 8.48. The summed E-state index contributed by atoms with van der Waals surface area (Å²) in [6.07, 6.45) is 8.38. The molecule has 2 nitrogen and oxygen atoms in total. The monoisotopic (exact) mass is 204 g/mol. The fourth-order valence-corrected chi connectivity index (χ4v) is 3.53. The average Bonchev–Trinajstić information content (AvgIpc) is 2.60. The van der Waals surface area contributed by atoms with Crippen LogP contribution in [0.25, 0.3) is 0 Å². The maximum atomic E-state index is 4.48. The Labute approximate surface area is 87.8 Å². The van der Waals surface area contributed by atoms with Crippen LogP contribution in [0.5, 0.6) is 0 Å². The highest BCUT2D eigenvalue weighted by Gasteiger charge is 2.37. The standard InChI is InChI=1S/C11H12N2S/c1-4-12-7-10-9(1)11(8-13-10)2-5-14-6-3-11/h1,4,7-8H,2-3,5-6H2. The summed E-state index contributed by atoms with van der Waals surface area (Å²) in [6.45, 7) is 0. The summed E-state index contributed by atoms with van der Waals surface area (Å²) in [5.41, 5.74) is 2.73. The van der Waals surface area contributed by atoms with Crippen molar-refractivity contribution < 1.29 is 0 Å². The SMILES string of the molecule is C1=Nc2cnccc2C12CCSCC2. The van der Waals surface area contributed by atoms with Gasteiger partial charge in [0.2, 0.25) is 0 Å². The van der Waals surface area contributed by atoms with Gasteiger partial charge in [0.25, 0.3) is 0 Å². The number of hydrogen-bond donors (Lipinski definition) is 0. The zero-order chi connectivity index (χ0) is 9.43. The lowest BCUT2D eigenvalue weighted by molar-refractivity contribution is 0.551. The molecule has 1 aromatic rings. The third-order valence-electron chi connectivity index (χ3n) is 3.17. The Morgan fingerprint density at radius 1 is 1.29 bits per heavy atom. The van der Waals surface area contributed by atoms with Crippen molar-refractivity contribution in [2.45, 2.75) is 18.3 Å². The molecule has 0 bridgehead atoms. The molecule has 72 valence electrons. The molecule has 3 heterocycles. The smallest absolute Gasteiger partial charge is 0.0850 e. The summed E-state index contributed by atoms with van der Waals surface area (Å²) >= 11 is 2.05. The summed E-state index contributed by atoms with van der Waals surface area (Å²) < 4.78 is 0. The normalized spacial score (nSPS) is 22.6. The van der Waals surface area contributed by atoms with E-state index in [1.807, 2.05) is 12.4 Å². The topological polar surface area (TPSA) is 25.2 Å². The Morgan fingerprint density at radius 2 is 2.14 bits per heavy atom. The van der Waals surface area contributed by atoms with E-state index in [0.717, 1.165) is 5.69 Å². The van der Waals surface area contributed by atoms with Crippen molar-refractivity contribution in [1.29, 1.82) is 0 Å². The molecule has 1 saturated heterocycles. The summed E-state index contributed by atoms with van der Waals surface area (Å²) in [5, 5.41) is 0. The Morgan fingerprint density at radius 3 is 3.00 bits per heavy atom. The first-order valence-electron chi connectivity index (χ1n) is 4.98. The molecule has 0 unspecified atom stereocenters. The number of thioether (sulfide) groups is 1. The van der Waals surface area contributed by atoms with Crippen molar-refractivity contribution in [3.8, 4) is 0 Å². The molecule has 1 spiro atoms. The Hall–Kier alpha value is -0.830. The highest BCUT2D eigenvalue weighted by Crippen LogP contribution is 2.44. The largest absolute Gasteiger partial charge is 0.262 e. The number of aliphatic imine (C=N–C) groups is 1. The van der Waals surface area contributed by atoms with Gasteiger partial charge in [-0.2, -0.15) is 11.8 Å². The lowest BCUT2D eigenvalue weighted by atomic mass is 9.78. The van der Waals surface area contributed by atoms with Gasteiger partial charge in [-0.1, -0.05) is 0 Å². The van der Waals surface area contributed by atoms with E-state index in [4.69, 9.17) is 0 Å². The zero-order valence-electron chi connectivity index (χ0n) is 7.94. The maximum absolute atomic E-state index is 4.48. The highest BCUT2D eigenvalue weighted by molar-refractivity contribution is 7.99. The molecule has 0 radical (unpaired) electrons. The Balaban J connectivity index is 2.07. The van der Waals surface area contributed by atoms with Crippen LogP contribution in [0.15, 0.2) is 23.5 Å². The number of rotatable bonds is 0. The zero-order valence-corrected chi connectivity index (χ0v) is 8.76. The summed E-state index contributed by atoms with van der Waals surface area (Å²) in [6, 6.07) is 2.14. The maximum Gasteiger partial charge on any atom is 0.0850 e. The molecule has 0 saturated carbocycles. The molecule has 14 heavy (non-hydrogen) atoms. The molecular formula is C11H12N2S. The molecular weight excluding hydrogens is 192 g/mol. The molecule has 0 atom stereocenters. The van der Waals surface area contributed by atoms with Crippen molar-refractivity contribution in [3.63, 3.8) is 0 Å². The van der Waals surface area contributed by atoms with E-state index in [9.17, 15) is 0 Å². The number of fused-ring (bicyclic) bond motifs is 2. The van der Waals surface area contributed by atoms with Gasteiger partial charge in [-0.25, -0.2) is 0 Å². The van der Waals surface area contributed by atoms with E-state index in [-0.39, 0.29) is 5.41 Å². The minimum atomic E-state index is 0.253. The first-order valence-corrected chi connectivity index (χ1v) is 6.14. The van der Waals surface area contributed by atoms with Crippen LogP contribution in [0.1, 0.15) is 18.4 Å². The van der Waals surface area contributed by atoms with Crippen molar-refractivity contribution in [2.24, 2.45) is 4.99 Å². The van der Waals surface area contributed by atoms with Crippen LogP contribution in [-0.2, 0) is 5.41 Å². The van der Waals surface area contributed by atoms with Gasteiger partial charge in [0.15, 0.2) is 0 Å². The van der Waals surface area contributed by atoms with Gasteiger partial charge >= 0.3 is 0 Å². The Bertz CT molecular complexity index is 381. The first-order chi connectivity index (χ1) is 6.91. The second kappa shape index (κ2) is 3.09. The van der Waals surface area contributed by atoms with E-state index in [2.05, 4.69) is 34.0 Å². The predicted molar refractivity (Wildman–Crippen MR) is 60.6 cm³/mol. The van der Waals surface area contributed by atoms with Gasteiger partial charge in [0.05, 0.1) is 11.9 Å². The van der Waals surface area contributed by atoms with Crippen LogP contribution < -0.4 is 0 Å². The van der Waals surface area contributed by atoms with Gasteiger partial charge in [0, 0.05) is 17.8 Å². The van der Waals surface area contributed by atoms with E-state index in [1.165, 1.54) is 29.9 Å². The van der Waals surface area contributed by atoms with E-state index >= 15 is 0 Å². The molecule has 1 fully saturated rings. The number of aromatic nitrogens is 1. The van der Waals surface area contributed by atoms with Crippen molar-refractivity contribution in [1.82, 2.24) is 4.98 Å². The third-order valence-corrected chi connectivity index (χ3v) is 4.16. The molecule has 2 aliphatic rings. The summed E-state index contributed by atoms with van der Waals surface area (Å²) in [7, 11) is 0. The average molecular weight is 204 g/mol. The van der Waals surface area contributed by atoms with Gasteiger partial charge in [-0.05, 0) is 36.0 Å². The fourth-order valence-electron chi connectivity index (χ4n) is 2.31. The molecule has 0 N–H and O–H groups in total. The van der Waals surface area contributed by atoms with Crippen molar-refractivity contribution in [2.75, 3.05) is 11.5 Å². The van der Waals surface area contributed by atoms with Crippen LogP contribution in [0.4, 0.5) is 5.69 Å². The third kappa shape index (κ3) is 1.12. The second-order valence-corrected chi connectivity index (χ2v) is 5.14. The van der Waals surface area contributed by atoms with Gasteiger partial charge in [-0.15, -0.1) is 0 Å². The lowest BCUT2D eigenvalue weighted by Gasteiger charge is -2.31. The fraction of sp³-hybridized carbons (Fsp3) is 0.455. The van der Waals surface area contributed by atoms with Crippen LogP contribution in [0.3, 0.4) is 0 Å². The molecule has 1 aromatic heterocycles. The van der Waals surface area contributed by atoms with Crippen LogP contribution >= 0.6 is 11.8 Å². The number of nitrogens with zero attached hydrogens (tertiary/aromatic N) is 2. The molecule has 3 heteroatoms. The molecule has 0 aliphatic carbocycles. The lowest BCUT2D eigenvalue weighted by Crippen LogP contribution is -2.30. The minimum absolute atomic E-state index is 0.253. The van der Waals surface area contributed by atoms with Gasteiger partial charge in [-0.3, -0.25) is 9.98 Å². The van der Waals surface area contributed by atoms with Gasteiger partial charge < -0.3 is 0 Å². The van der Waals surface area contributed by atoms with Crippen molar-refractivity contribution >= 4 is 23.7 Å². The predicted octanol–water partition coefficient (Wildman–Crippen LogP) is 2.56. The van der Waals surface area contributed by atoms with Crippen LogP contribution in [0.2, 0.25) is 0 Å². The molecule has 2 aliphatic heterocycles.